The summed E-state index contributed by atoms with van der Waals surface area (Å²) in [5.41, 5.74) is 6.06. The maximum Gasteiger partial charge on any atom is 0.145 e. The van der Waals surface area contributed by atoms with Gasteiger partial charge in [-0.05, 0) is 13.8 Å². The summed E-state index contributed by atoms with van der Waals surface area (Å²) in [6.07, 6.45) is 1.64. The molecule has 0 amide bonds. The number of hydrogen-bond acceptors (Lipinski definition) is 8. The Labute approximate surface area is 197 Å². The second kappa shape index (κ2) is 7.99. The number of aryl methyl sites for hydroxylation is 2. The molecule has 0 spiro atoms. The van der Waals surface area contributed by atoms with Crippen molar-refractivity contribution >= 4 is 33.6 Å². The summed E-state index contributed by atoms with van der Waals surface area (Å²) in [6, 6.07) is 20.3. The van der Waals surface area contributed by atoms with E-state index in [2.05, 4.69) is 39.6 Å². The van der Waals surface area contributed by atoms with Gasteiger partial charge in [-0.25, -0.2) is 9.97 Å². The highest BCUT2D eigenvalue weighted by molar-refractivity contribution is 7.19. The van der Waals surface area contributed by atoms with E-state index < -0.39 is 0 Å². The lowest BCUT2D eigenvalue weighted by atomic mass is 10.1. The number of rotatable bonds is 4. The van der Waals surface area contributed by atoms with Gasteiger partial charge in [0.15, 0.2) is 0 Å². The topological polar surface area (TPSA) is 77.6 Å². The van der Waals surface area contributed by atoms with Crippen molar-refractivity contribution < 1.29 is 4.52 Å². The lowest BCUT2D eigenvalue weighted by Gasteiger charge is -2.02. The Bertz CT molecular complexity index is 1470. The van der Waals surface area contributed by atoms with Crippen LogP contribution in [0.4, 0.5) is 0 Å². The second-order valence-corrected chi connectivity index (χ2v) is 9.57. The number of aromatic nitrogens is 5. The average molecular weight is 468 g/mol. The molecule has 0 N–H and O–H groups in total. The van der Waals surface area contributed by atoms with E-state index in [1.807, 2.05) is 50.2 Å². The number of fused-ring (bicyclic) bond motifs is 1. The van der Waals surface area contributed by atoms with Gasteiger partial charge in [0.25, 0.3) is 0 Å². The number of hydrogen-bond donors (Lipinski definition) is 0. The van der Waals surface area contributed by atoms with E-state index in [0.29, 0.717) is 11.2 Å². The smallest absolute Gasteiger partial charge is 0.145 e. The van der Waals surface area contributed by atoms with Crippen LogP contribution < -0.4 is 0 Å². The van der Waals surface area contributed by atoms with E-state index in [-0.39, 0.29) is 0 Å². The number of benzene rings is 2. The molecule has 0 atom stereocenters. The van der Waals surface area contributed by atoms with Crippen molar-refractivity contribution in [2.24, 2.45) is 0 Å². The Morgan fingerprint density at radius 2 is 1.18 bits per heavy atom. The van der Waals surface area contributed by atoms with Crippen LogP contribution in [-0.4, -0.2) is 25.3 Å². The summed E-state index contributed by atoms with van der Waals surface area (Å²) in [6.45, 7) is 3.98. The normalized spacial score (nSPS) is 11.3. The minimum absolute atomic E-state index is 0.681. The van der Waals surface area contributed by atoms with Gasteiger partial charge in [-0.15, -0.1) is 32.9 Å². The summed E-state index contributed by atoms with van der Waals surface area (Å²) in [5, 5.41) is 16.2. The molecule has 6 nitrogen and oxygen atoms in total. The molecule has 0 unspecified atom stereocenters. The van der Waals surface area contributed by atoms with Crippen LogP contribution >= 0.6 is 22.7 Å². The van der Waals surface area contributed by atoms with Crippen LogP contribution in [0.3, 0.4) is 0 Å². The van der Waals surface area contributed by atoms with Gasteiger partial charge in [0.2, 0.25) is 0 Å². The monoisotopic (exact) mass is 467 g/mol. The summed E-state index contributed by atoms with van der Waals surface area (Å²) < 4.78 is 5.39. The Morgan fingerprint density at radius 3 is 1.76 bits per heavy atom. The zero-order valence-electron chi connectivity index (χ0n) is 17.8. The van der Waals surface area contributed by atoms with E-state index in [0.717, 1.165) is 53.4 Å². The van der Waals surface area contributed by atoms with Gasteiger partial charge in [0.05, 0.1) is 26.5 Å². The minimum atomic E-state index is 0.681. The van der Waals surface area contributed by atoms with Gasteiger partial charge in [0, 0.05) is 11.1 Å². The standard InChI is InChI=1S/C25H17N5OS2/c1-14-22(32-24(26-14)16-9-5-3-6-10-16)20-18-13-31-30-19(18)21(29-28-20)23-15(2)27-25(33-23)17-11-7-4-8-12-17/h3-13H,1-2H3. The van der Waals surface area contributed by atoms with Crippen molar-refractivity contribution in [1.82, 2.24) is 25.3 Å². The van der Waals surface area contributed by atoms with Crippen molar-refractivity contribution in [1.29, 1.82) is 0 Å². The molecule has 0 radical (unpaired) electrons. The van der Waals surface area contributed by atoms with Crippen LogP contribution in [-0.2, 0) is 0 Å². The highest BCUT2D eigenvalue weighted by Crippen LogP contribution is 2.41. The third-order valence-electron chi connectivity index (χ3n) is 5.36. The van der Waals surface area contributed by atoms with Gasteiger partial charge in [-0.2, -0.15) is 0 Å². The Kier molecular flexibility index (Phi) is 4.82. The molecule has 160 valence electrons. The summed E-state index contributed by atoms with van der Waals surface area (Å²) in [7, 11) is 0. The first-order valence-corrected chi connectivity index (χ1v) is 12.0. The largest absolute Gasteiger partial charge is 0.363 e. The van der Waals surface area contributed by atoms with Gasteiger partial charge >= 0.3 is 0 Å². The lowest BCUT2D eigenvalue weighted by Crippen LogP contribution is -1.93. The molecule has 0 aliphatic carbocycles. The molecule has 6 rings (SSSR count). The van der Waals surface area contributed by atoms with Gasteiger partial charge in [-0.3, -0.25) is 0 Å². The predicted octanol–water partition coefficient (Wildman–Crippen LogP) is 6.82. The molecule has 33 heavy (non-hydrogen) atoms. The molecule has 0 fully saturated rings. The summed E-state index contributed by atoms with van der Waals surface area (Å²) >= 11 is 3.18. The van der Waals surface area contributed by atoms with Gasteiger partial charge < -0.3 is 4.52 Å². The highest BCUT2D eigenvalue weighted by atomic mass is 32.1. The van der Waals surface area contributed by atoms with Crippen molar-refractivity contribution in [3.63, 3.8) is 0 Å². The van der Waals surface area contributed by atoms with Crippen LogP contribution in [0.2, 0.25) is 0 Å². The van der Waals surface area contributed by atoms with Crippen LogP contribution in [0.5, 0.6) is 0 Å². The SMILES string of the molecule is Cc1nc(-c2ccccc2)sc1-c1nnc(-c2sc(-c3ccccc3)nc2C)c2nocc12. The molecule has 0 saturated heterocycles. The first-order chi connectivity index (χ1) is 16.2. The molecule has 0 bridgehead atoms. The van der Waals surface area contributed by atoms with Crippen molar-refractivity contribution in [2.75, 3.05) is 0 Å². The van der Waals surface area contributed by atoms with Crippen LogP contribution in [0, 0.1) is 13.8 Å². The third-order valence-corrected chi connectivity index (χ3v) is 7.79. The third kappa shape index (κ3) is 3.44. The molecule has 4 aromatic heterocycles. The van der Waals surface area contributed by atoms with Crippen LogP contribution in [0.15, 0.2) is 71.4 Å². The van der Waals surface area contributed by atoms with E-state index in [1.54, 1.807) is 28.9 Å². The Morgan fingerprint density at radius 1 is 0.667 bits per heavy atom. The predicted molar refractivity (Wildman–Crippen MR) is 132 cm³/mol. The van der Waals surface area contributed by atoms with Crippen molar-refractivity contribution in [3.8, 4) is 42.3 Å². The van der Waals surface area contributed by atoms with E-state index >= 15 is 0 Å². The molecular weight excluding hydrogens is 450 g/mol. The van der Waals surface area contributed by atoms with Crippen LogP contribution in [0.25, 0.3) is 53.2 Å². The quantitative estimate of drug-likeness (QED) is 0.283. The van der Waals surface area contributed by atoms with Crippen molar-refractivity contribution in [2.45, 2.75) is 13.8 Å². The molecule has 0 aliphatic rings. The molecule has 6 aromatic rings. The fraction of sp³-hybridized carbons (Fsp3) is 0.0800. The first-order valence-electron chi connectivity index (χ1n) is 10.4. The molecule has 8 heteroatoms. The molecule has 0 aliphatic heterocycles. The average Bonchev–Trinajstić information content (AvgIpc) is 3.58. The fourth-order valence-corrected chi connectivity index (χ4v) is 5.87. The highest BCUT2D eigenvalue weighted by Gasteiger charge is 2.23. The lowest BCUT2D eigenvalue weighted by molar-refractivity contribution is 0.428. The number of nitrogens with zero attached hydrogens (tertiary/aromatic N) is 5. The zero-order valence-corrected chi connectivity index (χ0v) is 19.4. The van der Waals surface area contributed by atoms with E-state index in [1.165, 1.54) is 0 Å². The molecule has 0 saturated carbocycles. The zero-order chi connectivity index (χ0) is 22.4. The minimum Gasteiger partial charge on any atom is -0.363 e. The summed E-state index contributed by atoms with van der Waals surface area (Å²) in [5.74, 6) is 0. The molecular formula is C25H17N5OS2. The van der Waals surface area contributed by atoms with Crippen LogP contribution in [0.1, 0.15) is 11.4 Å². The fourth-order valence-electron chi connectivity index (χ4n) is 3.74. The van der Waals surface area contributed by atoms with Gasteiger partial charge in [-0.1, -0.05) is 65.8 Å². The molecule has 2 aromatic carbocycles. The van der Waals surface area contributed by atoms with E-state index in [4.69, 9.17) is 14.5 Å². The maximum absolute atomic E-state index is 5.39. The number of thiazole rings is 2. The van der Waals surface area contributed by atoms with E-state index in [9.17, 15) is 0 Å². The molecule has 4 heterocycles. The van der Waals surface area contributed by atoms with Gasteiger partial charge in [0.1, 0.15) is 33.2 Å². The van der Waals surface area contributed by atoms with Crippen molar-refractivity contribution in [3.05, 3.63) is 78.3 Å². The maximum atomic E-state index is 5.39. The Balaban J connectivity index is 1.47. The Hall–Kier alpha value is -3.75. The first kappa shape index (κ1) is 19.9. The summed E-state index contributed by atoms with van der Waals surface area (Å²) in [4.78, 5) is 11.4. The second-order valence-electron chi connectivity index (χ2n) is 7.57.